The molecule has 0 aromatic carbocycles. The molecule has 0 spiro atoms. The molecule has 0 bridgehead atoms. The summed E-state index contributed by atoms with van der Waals surface area (Å²) in [6, 6.07) is 0. The average Bonchev–Trinajstić information content (AvgIpc) is 2.43. The lowest BCUT2D eigenvalue weighted by molar-refractivity contribution is 0.282. The molecule has 0 aromatic heterocycles. The van der Waals surface area contributed by atoms with Gasteiger partial charge in [0.25, 0.3) is 0 Å². The van der Waals surface area contributed by atoms with Gasteiger partial charge in [0.05, 0.1) is 0 Å². The average molecular weight is 268 g/mol. The normalized spacial score (nSPS) is 11.5. The van der Waals surface area contributed by atoms with Gasteiger partial charge in [0.15, 0.2) is 0 Å². The Morgan fingerprint density at radius 2 is 1.00 bits per heavy atom. The molecule has 0 saturated heterocycles. The molecule has 0 saturated carbocycles. The van der Waals surface area contributed by atoms with Gasteiger partial charge in [0.2, 0.25) is 0 Å². The summed E-state index contributed by atoms with van der Waals surface area (Å²) < 4.78 is 0. The Hall–Kier alpha value is -0.300. The first-order valence-corrected chi connectivity index (χ1v) is 8.67. The molecule has 0 aromatic rings. The van der Waals surface area contributed by atoms with Crippen LogP contribution < -0.4 is 0 Å². The lowest BCUT2D eigenvalue weighted by atomic mass is 10.1. The van der Waals surface area contributed by atoms with E-state index in [9.17, 15) is 0 Å². The standard InChI is InChI=1S/C18H36O/c1-2-3-4-5-6-7-8-9-10-11-12-13-14-15-16-17-18-19/h5-6,19H,2-4,7-18H2,1H3/b6-5-. The molecule has 1 nitrogen and oxygen atoms in total. The van der Waals surface area contributed by atoms with Crippen LogP contribution in [0.1, 0.15) is 96.8 Å². The van der Waals surface area contributed by atoms with E-state index in [0.29, 0.717) is 6.61 Å². The van der Waals surface area contributed by atoms with Crippen LogP contribution >= 0.6 is 0 Å². The molecule has 0 radical (unpaired) electrons. The van der Waals surface area contributed by atoms with Crippen molar-refractivity contribution in [1.29, 1.82) is 0 Å². The van der Waals surface area contributed by atoms with Crippen LogP contribution in [0, 0.1) is 0 Å². The first-order chi connectivity index (χ1) is 9.41. The van der Waals surface area contributed by atoms with Gasteiger partial charge in [-0.25, -0.2) is 0 Å². The highest BCUT2D eigenvalue weighted by Crippen LogP contribution is 2.11. The van der Waals surface area contributed by atoms with Gasteiger partial charge in [-0.3, -0.25) is 0 Å². The topological polar surface area (TPSA) is 20.2 Å². The van der Waals surface area contributed by atoms with E-state index in [-0.39, 0.29) is 0 Å². The predicted molar refractivity (Wildman–Crippen MR) is 86.5 cm³/mol. The molecule has 0 fully saturated rings. The van der Waals surface area contributed by atoms with Crippen molar-refractivity contribution >= 4 is 0 Å². The number of hydrogen-bond acceptors (Lipinski definition) is 1. The lowest BCUT2D eigenvalue weighted by Crippen LogP contribution is -1.84. The van der Waals surface area contributed by atoms with Crippen LogP contribution in [-0.2, 0) is 0 Å². The highest BCUT2D eigenvalue weighted by atomic mass is 16.2. The maximum Gasteiger partial charge on any atom is 0.0431 e. The highest BCUT2D eigenvalue weighted by molar-refractivity contribution is 4.81. The number of hydrogen-bond donors (Lipinski definition) is 1. The number of allylic oxidation sites excluding steroid dienone is 2. The largest absolute Gasteiger partial charge is 0.396 e. The number of aliphatic hydroxyl groups excluding tert-OH is 1. The predicted octanol–water partition coefficient (Wildman–Crippen LogP) is 6.02. The van der Waals surface area contributed by atoms with E-state index >= 15 is 0 Å². The summed E-state index contributed by atoms with van der Waals surface area (Å²) in [5, 5.41) is 8.67. The fraction of sp³-hybridized carbons (Fsp3) is 0.889. The van der Waals surface area contributed by atoms with Gasteiger partial charge >= 0.3 is 0 Å². The molecular formula is C18H36O. The van der Waals surface area contributed by atoms with Gasteiger partial charge in [-0.2, -0.15) is 0 Å². The van der Waals surface area contributed by atoms with Gasteiger partial charge in [-0.1, -0.05) is 83.3 Å². The third-order valence-corrected chi connectivity index (χ3v) is 3.67. The Morgan fingerprint density at radius 1 is 0.579 bits per heavy atom. The van der Waals surface area contributed by atoms with Gasteiger partial charge in [0, 0.05) is 6.61 Å². The lowest BCUT2D eigenvalue weighted by Gasteiger charge is -2.01. The second-order valence-corrected chi connectivity index (χ2v) is 5.66. The minimum absolute atomic E-state index is 0.368. The van der Waals surface area contributed by atoms with Crippen molar-refractivity contribution < 1.29 is 5.11 Å². The minimum atomic E-state index is 0.368. The smallest absolute Gasteiger partial charge is 0.0431 e. The quantitative estimate of drug-likeness (QED) is 0.284. The third kappa shape index (κ3) is 17.7. The van der Waals surface area contributed by atoms with Crippen molar-refractivity contribution in [3.05, 3.63) is 12.2 Å². The first kappa shape index (κ1) is 18.7. The summed E-state index contributed by atoms with van der Waals surface area (Å²) in [6.45, 7) is 2.62. The molecule has 0 amide bonds. The zero-order valence-corrected chi connectivity index (χ0v) is 13.2. The summed E-state index contributed by atoms with van der Waals surface area (Å²) in [5.74, 6) is 0. The van der Waals surface area contributed by atoms with E-state index in [1.807, 2.05) is 0 Å². The van der Waals surface area contributed by atoms with Gasteiger partial charge in [-0.15, -0.1) is 0 Å². The summed E-state index contributed by atoms with van der Waals surface area (Å²) in [7, 11) is 0. The Labute approximate surface area is 121 Å². The van der Waals surface area contributed by atoms with Crippen LogP contribution in [0.2, 0.25) is 0 Å². The minimum Gasteiger partial charge on any atom is -0.396 e. The molecule has 1 N–H and O–H groups in total. The second kappa shape index (κ2) is 17.7. The fourth-order valence-electron chi connectivity index (χ4n) is 2.35. The molecule has 114 valence electrons. The van der Waals surface area contributed by atoms with E-state index in [4.69, 9.17) is 5.11 Å². The third-order valence-electron chi connectivity index (χ3n) is 3.67. The van der Waals surface area contributed by atoms with Crippen molar-refractivity contribution in [2.45, 2.75) is 96.8 Å². The van der Waals surface area contributed by atoms with Crippen LogP contribution in [0.5, 0.6) is 0 Å². The maximum absolute atomic E-state index is 8.67. The summed E-state index contributed by atoms with van der Waals surface area (Å²) in [6.07, 6.45) is 23.2. The first-order valence-electron chi connectivity index (χ1n) is 8.67. The Kier molecular flexibility index (Phi) is 17.4. The number of rotatable bonds is 15. The van der Waals surface area contributed by atoms with Crippen molar-refractivity contribution in [3.63, 3.8) is 0 Å². The summed E-state index contributed by atoms with van der Waals surface area (Å²) in [4.78, 5) is 0. The van der Waals surface area contributed by atoms with E-state index in [2.05, 4.69) is 19.1 Å². The zero-order chi connectivity index (χ0) is 14.0. The Balaban J connectivity index is 2.97. The van der Waals surface area contributed by atoms with Crippen LogP contribution in [0.15, 0.2) is 12.2 Å². The van der Waals surface area contributed by atoms with Crippen LogP contribution in [0.25, 0.3) is 0 Å². The monoisotopic (exact) mass is 268 g/mol. The van der Waals surface area contributed by atoms with Gasteiger partial charge in [-0.05, 0) is 25.7 Å². The summed E-state index contributed by atoms with van der Waals surface area (Å²) >= 11 is 0. The van der Waals surface area contributed by atoms with Crippen molar-refractivity contribution in [3.8, 4) is 0 Å². The Bertz CT molecular complexity index is 175. The number of aliphatic hydroxyl groups is 1. The van der Waals surface area contributed by atoms with Gasteiger partial charge < -0.3 is 5.11 Å². The van der Waals surface area contributed by atoms with Crippen molar-refractivity contribution in [2.24, 2.45) is 0 Å². The molecule has 0 aliphatic carbocycles. The van der Waals surface area contributed by atoms with E-state index < -0.39 is 0 Å². The zero-order valence-electron chi connectivity index (χ0n) is 13.2. The number of unbranched alkanes of at least 4 members (excludes halogenated alkanes) is 12. The second-order valence-electron chi connectivity index (χ2n) is 5.66. The molecular weight excluding hydrogens is 232 g/mol. The van der Waals surface area contributed by atoms with E-state index in [1.54, 1.807) is 0 Å². The molecule has 0 atom stereocenters. The molecule has 0 aliphatic heterocycles. The van der Waals surface area contributed by atoms with Crippen LogP contribution in [-0.4, -0.2) is 11.7 Å². The summed E-state index contributed by atoms with van der Waals surface area (Å²) in [5.41, 5.74) is 0. The van der Waals surface area contributed by atoms with Crippen molar-refractivity contribution in [1.82, 2.24) is 0 Å². The molecule has 1 heteroatoms. The molecule has 0 heterocycles. The van der Waals surface area contributed by atoms with E-state index in [0.717, 1.165) is 6.42 Å². The van der Waals surface area contributed by atoms with E-state index in [1.165, 1.54) is 83.5 Å². The molecule has 19 heavy (non-hydrogen) atoms. The SMILES string of the molecule is CCCC/C=C\CCCCCCCCCCCCO. The Morgan fingerprint density at radius 3 is 1.47 bits per heavy atom. The molecule has 0 rings (SSSR count). The molecule has 0 unspecified atom stereocenters. The maximum atomic E-state index is 8.67. The van der Waals surface area contributed by atoms with Gasteiger partial charge in [0.1, 0.15) is 0 Å². The van der Waals surface area contributed by atoms with Crippen molar-refractivity contribution in [2.75, 3.05) is 6.61 Å². The van der Waals surface area contributed by atoms with Crippen LogP contribution in [0.3, 0.4) is 0 Å². The molecule has 0 aliphatic rings. The highest BCUT2D eigenvalue weighted by Gasteiger charge is 1.92. The van der Waals surface area contributed by atoms with Crippen LogP contribution in [0.4, 0.5) is 0 Å². The fourth-order valence-corrected chi connectivity index (χ4v) is 2.35.